The van der Waals surface area contributed by atoms with Gasteiger partial charge in [0.1, 0.15) is 6.61 Å². The third-order valence-electron chi connectivity index (χ3n) is 2.17. The van der Waals surface area contributed by atoms with Crippen molar-refractivity contribution in [2.24, 2.45) is 5.41 Å². The molecule has 6 nitrogen and oxygen atoms in total. The molecule has 0 N–H and O–H groups in total. The average molecular weight is 224 g/mol. The average Bonchev–Trinajstić information content (AvgIpc) is 2.83. The van der Waals surface area contributed by atoms with Crippen LogP contribution >= 0.6 is 11.6 Å². The molecule has 0 aromatic carbocycles. The summed E-state index contributed by atoms with van der Waals surface area (Å²) in [6, 6.07) is -0.189. The van der Waals surface area contributed by atoms with E-state index in [2.05, 4.69) is 9.57 Å². The Hall–Kier alpha value is -1.04. The maximum absolute atomic E-state index is 11.0. The molecule has 1 fully saturated rings. The van der Waals surface area contributed by atoms with Crippen LogP contribution in [-0.4, -0.2) is 23.7 Å². The molecule has 0 bridgehead atoms. The Labute approximate surface area is 85.2 Å². The van der Waals surface area contributed by atoms with Crippen molar-refractivity contribution in [1.82, 2.24) is 0 Å². The van der Waals surface area contributed by atoms with Crippen molar-refractivity contribution < 1.29 is 19.5 Å². The van der Waals surface area contributed by atoms with Crippen LogP contribution in [0.25, 0.3) is 0 Å². The van der Waals surface area contributed by atoms with Gasteiger partial charge in [-0.1, -0.05) is 11.6 Å². The molecule has 0 radical (unpaired) electrons. The molecular weight excluding hydrogens is 214 g/mol. The van der Waals surface area contributed by atoms with Gasteiger partial charge in [-0.25, -0.2) is 0 Å². The lowest BCUT2D eigenvalue weighted by molar-refractivity contribution is -0.759. The van der Waals surface area contributed by atoms with Crippen molar-refractivity contribution in [3.8, 4) is 0 Å². The van der Waals surface area contributed by atoms with Gasteiger partial charge in [-0.3, -0.25) is 4.79 Å². The Bertz CT molecular complexity index is 240. The molecule has 1 aliphatic rings. The first-order valence-corrected chi connectivity index (χ1v) is 4.60. The molecule has 0 spiro atoms. The lowest BCUT2D eigenvalue weighted by Gasteiger charge is -2.11. The van der Waals surface area contributed by atoms with Crippen LogP contribution in [0.3, 0.4) is 0 Å². The van der Waals surface area contributed by atoms with Gasteiger partial charge in [0.25, 0.3) is 5.09 Å². The number of rotatable bonds is 6. The quantitative estimate of drug-likeness (QED) is 0.292. The van der Waals surface area contributed by atoms with Crippen molar-refractivity contribution in [2.45, 2.75) is 19.3 Å². The van der Waals surface area contributed by atoms with Gasteiger partial charge in [0.15, 0.2) is 6.07 Å². The molecule has 0 unspecified atom stereocenters. The zero-order valence-corrected chi connectivity index (χ0v) is 8.16. The minimum Gasteiger partial charge on any atom is -0.449 e. The molecular formula is C7H10ClNO5. The van der Waals surface area contributed by atoms with Gasteiger partial charge < -0.3 is 9.57 Å². The second-order valence-electron chi connectivity index (χ2n) is 3.30. The molecule has 0 heterocycles. The standard InChI is InChI=1S/C7H10ClNO5/c8-5-13-6(10)3-7(1-2-7)4-14-9(11)12/h1-5H2. The Morgan fingerprint density at radius 2 is 2.21 bits per heavy atom. The van der Waals surface area contributed by atoms with Crippen molar-refractivity contribution in [3.05, 3.63) is 10.1 Å². The number of carbonyl (C=O) groups excluding carboxylic acids is 1. The van der Waals surface area contributed by atoms with Crippen LogP contribution in [0, 0.1) is 15.5 Å². The number of nitrogens with zero attached hydrogens (tertiary/aromatic N) is 1. The lowest BCUT2D eigenvalue weighted by atomic mass is 10.0. The van der Waals surface area contributed by atoms with Crippen molar-refractivity contribution in [1.29, 1.82) is 0 Å². The zero-order chi connectivity index (χ0) is 10.6. The number of esters is 1. The van der Waals surface area contributed by atoms with Crippen LogP contribution in [0.4, 0.5) is 0 Å². The summed E-state index contributed by atoms with van der Waals surface area (Å²) in [5.74, 6) is -0.440. The van der Waals surface area contributed by atoms with Crippen LogP contribution in [0.5, 0.6) is 0 Å². The van der Waals surface area contributed by atoms with Gasteiger partial charge in [0, 0.05) is 5.41 Å². The summed E-state index contributed by atoms with van der Waals surface area (Å²) in [5, 5.41) is 9.08. The van der Waals surface area contributed by atoms with Gasteiger partial charge in [-0.05, 0) is 12.8 Å². The van der Waals surface area contributed by atoms with Gasteiger partial charge >= 0.3 is 5.97 Å². The molecule has 0 aliphatic heterocycles. The van der Waals surface area contributed by atoms with E-state index in [-0.39, 0.29) is 19.1 Å². The number of ether oxygens (including phenoxy) is 1. The highest BCUT2D eigenvalue weighted by Gasteiger charge is 2.45. The van der Waals surface area contributed by atoms with E-state index in [1.807, 2.05) is 0 Å². The SMILES string of the molecule is O=C(CC1(CO[N+](=O)[O-])CC1)OCCl. The molecule has 1 rings (SSSR count). The first-order chi connectivity index (χ1) is 6.58. The molecule has 0 saturated heterocycles. The van der Waals surface area contributed by atoms with Gasteiger partial charge in [0.05, 0.1) is 6.42 Å². The highest BCUT2D eigenvalue weighted by Crippen LogP contribution is 2.49. The zero-order valence-electron chi connectivity index (χ0n) is 7.40. The molecule has 80 valence electrons. The number of hydrogen-bond acceptors (Lipinski definition) is 5. The van der Waals surface area contributed by atoms with Crippen LogP contribution in [-0.2, 0) is 14.4 Å². The fourth-order valence-electron chi connectivity index (χ4n) is 1.16. The van der Waals surface area contributed by atoms with Crippen LogP contribution in [0.15, 0.2) is 0 Å². The highest BCUT2D eigenvalue weighted by molar-refractivity contribution is 6.17. The van der Waals surface area contributed by atoms with E-state index >= 15 is 0 Å². The van der Waals surface area contributed by atoms with E-state index in [1.54, 1.807) is 0 Å². The summed E-state index contributed by atoms with van der Waals surface area (Å²) in [6.45, 7) is -0.0443. The van der Waals surface area contributed by atoms with E-state index in [4.69, 9.17) is 11.6 Å². The molecule has 0 atom stereocenters. The van der Waals surface area contributed by atoms with Crippen LogP contribution in [0.2, 0.25) is 0 Å². The summed E-state index contributed by atoms with van der Waals surface area (Å²) in [5.41, 5.74) is -0.393. The van der Waals surface area contributed by atoms with E-state index in [0.717, 1.165) is 12.8 Å². The fraction of sp³-hybridized carbons (Fsp3) is 0.857. The Balaban J connectivity index is 2.28. The number of alkyl halides is 1. The number of carbonyl (C=O) groups is 1. The predicted octanol–water partition coefficient (Wildman–Crippen LogP) is 1.10. The smallest absolute Gasteiger partial charge is 0.307 e. The second-order valence-corrected chi connectivity index (χ2v) is 3.52. The lowest BCUT2D eigenvalue weighted by Crippen LogP contribution is -2.19. The molecule has 0 amide bonds. The first kappa shape index (κ1) is 11.0. The van der Waals surface area contributed by atoms with Crippen LogP contribution < -0.4 is 0 Å². The summed E-state index contributed by atoms with van der Waals surface area (Å²) in [6.07, 6.45) is 1.63. The summed E-state index contributed by atoms with van der Waals surface area (Å²) in [7, 11) is 0. The van der Waals surface area contributed by atoms with E-state index in [1.165, 1.54) is 0 Å². The maximum Gasteiger partial charge on any atom is 0.307 e. The maximum atomic E-state index is 11.0. The molecule has 1 aliphatic carbocycles. The summed E-state index contributed by atoms with van der Waals surface area (Å²) < 4.78 is 4.53. The molecule has 0 aromatic heterocycles. The summed E-state index contributed by atoms with van der Waals surface area (Å²) >= 11 is 5.19. The van der Waals surface area contributed by atoms with Crippen molar-refractivity contribution >= 4 is 17.6 Å². The van der Waals surface area contributed by atoms with E-state index in [0.29, 0.717) is 0 Å². The molecule has 7 heteroatoms. The topological polar surface area (TPSA) is 78.7 Å². The van der Waals surface area contributed by atoms with Crippen molar-refractivity contribution in [3.63, 3.8) is 0 Å². The Kier molecular flexibility index (Phi) is 3.51. The largest absolute Gasteiger partial charge is 0.449 e. The third kappa shape index (κ3) is 3.37. The second kappa shape index (κ2) is 4.45. The van der Waals surface area contributed by atoms with E-state index < -0.39 is 16.5 Å². The summed E-state index contributed by atoms with van der Waals surface area (Å²) in [4.78, 5) is 25.2. The number of hydrogen-bond donors (Lipinski definition) is 0. The normalized spacial score (nSPS) is 17.2. The molecule has 0 aromatic rings. The van der Waals surface area contributed by atoms with Gasteiger partial charge in [0.2, 0.25) is 0 Å². The minimum absolute atomic E-state index is 0.0443. The van der Waals surface area contributed by atoms with Crippen molar-refractivity contribution in [2.75, 3.05) is 12.7 Å². The number of halogens is 1. The van der Waals surface area contributed by atoms with E-state index in [9.17, 15) is 14.9 Å². The Morgan fingerprint density at radius 1 is 1.57 bits per heavy atom. The van der Waals surface area contributed by atoms with Gasteiger partial charge in [-0.15, -0.1) is 10.1 Å². The minimum atomic E-state index is -0.854. The monoisotopic (exact) mass is 223 g/mol. The first-order valence-electron chi connectivity index (χ1n) is 4.07. The highest BCUT2D eigenvalue weighted by atomic mass is 35.5. The molecule has 14 heavy (non-hydrogen) atoms. The fourth-order valence-corrected chi connectivity index (χ4v) is 1.28. The Morgan fingerprint density at radius 3 is 2.64 bits per heavy atom. The van der Waals surface area contributed by atoms with Gasteiger partial charge in [-0.2, -0.15) is 0 Å². The third-order valence-corrected chi connectivity index (χ3v) is 2.28. The van der Waals surface area contributed by atoms with Crippen LogP contribution in [0.1, 0.15) is 19.3 Å². The molecule has 1 saturated carbocycles. The predicted molar refractivity (Wildman–Crippen MR) is 46.0 cm³/mol.